The molecular formula is C13H17N3OS. The first-order chi connectivity index (χ1) is 8.58. The maximum Gasteiger partial charge on any atom is 0.254 e. The second-order valence-electron chi connectivity index (χ2n) is 4.43. The van der Waals surface area contributed by atoms with Crippen molar-refractivity contribution in [3.63, 3.8) is 0 Å². The Morgan fingerprint density at radius 1 is 1.61 bits per heavy atom. The molecule has 2 aromatic heterocycles. The van der Waals surface area contributed by atoms with Crippen LogP contribution in [0.25, 0.3) is 0 Å². The minimum Gasteiger partial charge on any atom is -0.349 e. The average molecular weight is 263 g/mol. The van der Waals surface area contributed by atoms with Crippen molar-refractivity contribution in [1.82, 2.24) is 15.1 Å². The maximum atomic E-state index is 12.1. The molecule has 0 aliphatic carbocycles. The number of carbonyl (C=O) groups is 1. The molecule has 1 atom stereocenters. The van der Waals surface area contributed by atoms with E-state index in [1.54, 1.807) is 22.2 Å². The summed E-state index contributed by atoms with van der Waals surface area (Å²) in [5, 5.41) is 9.13. The lowest BCUT2D eigenvalue weighted by atomic mass is 10.2. The molecule has 0 saturated heterocycles. The molecule has 0 aromatic carbocycles. The molecule has 0 bridgehead atoms. The van der Waals surface area contributed by atoms with Crippen molar-refractivity contribution in [2.45, 2.75) is 26.3 Å². The first kappa shape index (κ1) is 12.8. The Balaban J connectivity index is 1.97. The molecule has 96 valence electrons. The van der Waals surface area contributed by atoms with E-state index >= 15 is 0 Å². The van der Waals surface area contributed by atoms with Crippen LogP contribution in [0, 0.1) is 6.92 Å². The van der Waals surface area contributed by atoms with E-state index in [1.165, 1.54) is 4.88 Å². The largest absolute Gasteiger partial charge is 0.349 e. The van der Waals surface area contributed by atoms with Gasteiger partial charge in [-0.2, -0.15) is 5.10 Å². The quantitative estimate of drug-likeness (QED) is 0.918. The van der Waals surface area contributed by atoms with Gasteiger partial charge >= 0.3 is 0 Å². The highest BCUT2D eigenvalue weighted by Gasteiger charge is 2.15. The van der Waals surface area contributed by atoms with E-state index in [2.05, 4.69) is 21.9 Å². The van der Waals surface area contributed by atoms with Crippen LogP contribution >= 0.6 is 11.3 Å². The van der Waals surface area contributed by atoms with Gasteiger partial charge in [-0.3, -0.25) is 9.48 Å². The number of nitrogens with zero attached hydrogens (tertiary/aromatic N) is 2. The topological polar surface area (TPSA) is 46.9 Å². The molecule has 0 spiro atoms. The molecule has 0 aliphatic heterocycles. The Labute approximate surface area is 111 Å². The Morgan fingerprint density at radius 2 is 2.39 bits per heavy atom. The third kappa shape index (κ3) is 2.79. The van der Waals surface area contributed by atoms with Crippen LogP contribution in [-0.2, 0) is 13.5 Å². The first-order valence-electron chi connectivity index (χ1n) is 5.89. The molecule has 1 amide bonds. The summed E-state index contributed by atoms with van der Waals surface area (Å²) in [5.41, 5.74) is 1.53. The van der Waals surface area contributed by atoms with Crippen molar-refractivity contribution in [1.29, 1.82) is 0 Å². The summed E-state index contributed by atoms with van der Waals surface area (Å²) >= 11 is 1.71. The van der Waals surface area contributed by atoms with E-state index in [-0.39, 0.29) is 11.9 Å². The van der Waals surface area contributed by atoms with E-state index in [9.17, 15) is 4.79 Å². The molecule has 0 aliphatic rings. The van der Waals surface area contributed by atoms with Crippen LogP contribution in [0.5, 0.6) is 0 Å². The normalized spacial score (nSPS) is 12.4. The van der Waals surface area contributed by atoms with Gasteiger partial charge in [0.1, 0.15) is 0 Å². The summed E-state index contributed by atoms with van der Waals surface area (Å²) in [6.45, 7) is 3.91. The van der Waals surface area contributed by atoms with Gasteiger partial charge in [0.25, 0.3) is 5.91 Å². The summed E-state index contributed by atoms with van der Waals surface area (Å²) < 4.78 is 1.71. The van der Waals surface area contributed by atoms with Crippen molar-refractivity contribution < 1.29 is 4.79 Å². The molecule has 2 heterocycles. The Morgan fingerprint density at radius 3 is 2.94 bits per heavy atom. The molecule has 5 heteroatoms. The molecule has 0 radical (unpaired) electrons. The molecular weight excluding hydrogens is 246 g/mol. The minimum absolute atomic E-state index is 0.0512. The minimum atomic E-state index is -0.0512. The van der Waals surface area contributed by atoms with Crippen molar-refractivity contribution in [2.75, 3.05) is 0 Å². The Bertz CT molecular complexity index is 530. The van der Waals surface area contributed by atoms with Crippen molar-refractivity contribution in [2.24, 2.45) is 7.05 Å². The summed E-state index contributed by atoms with van der Waals surface area (Å²) in [7, 11) is 1.83. The van der Waals surface area contributed by atoms with Crippen LogP contribution in [0.2, 0.25) is 0 Å². The predicted molar refractivity (Wildman–Crippen MR) is 72.9 cm³/mol. The highest BCUT2D eigenvalue weighted by atomic mass is 32.1. The number of rotatable bonds is 4. The fraction of sp³-hybridized carbons (Fsp3) is 0.385. The number of hydrogen-bond donors (Lipinski definition) is 1. The van der Waals surface area contributed by atoms with E-state index in [0.29, 0.717) is 5.56 Å². The molecule has 0 unspecified atom stereocenters. The average Bonchev–Trinajstić information content (AvgIpc) is 2.91. The lowest BCUT2D eigenvalue weighted by Crippen LogP contribution is -2.34. The van der Waals surface area contributed by atoms with E-state index in [1.807, 2.05) is 27.0 Å². The second kappa shape index (κ2) is 5.35. The van der Waals surface area contributed by atoms with Crippen LogP contribution < -0.4 is 5.32 Å². The number of aryl methyl sites for hydroxylation is 1. The zero-order chi connectivity index (χ0) is 13.1. The molecule has 1 N–H and O–H groups in total. The van der Waals surface area contributed by atoms with Crippen LogP contribution in [0.15, 0.2) is 23.7 Å². The Hall–Kier alpha value is -1.62. The summed E-state index contributed by atoms with van der Waals surface area (Å²) in [6, 6.07) is 4.23. The van der Waals surface area contributed by atoms with Crippen molar-refractivity contribution >= 4 is 17.2 Å². The monoisotopic (exact) mass is 263 g/mol. The molecule has 0 saturated carbocycles. The lowest BCUT2D eigenvalue weighted by molar-refractivity contribution is 0.0939. The molecule has 2 rings (SSSR count). The number of nitrogens with one attached hydrogen (secondary N) is 1. The van der Waals surface area contributed by atoms with Crippen LogP contribution in [0.1, 0.15) is 27.9 Å². The number of carbonyl (C=O) groups excluding carboxylic acids is 1. The fourth-order valence-corrected chi connectivity index (χ4v) is 2.64. The zero-order valence-corrected chi connectivity index (χ0v) is 11.6. The van der Waals surface area contributed by atoms with E-state index in [4.69, 9.17) is 0 Å². The highest BCUT2D eigenvalue weighted by molar-refractivity contribution is 7.09. The van der Waals surface area contributed by atoms with Crippen LogP contribution in [0.4, 0.5) is 0 Å². The van der Waals surface area contributed by atoms with Gasteiger partial charge < -0.3 is 5.32 Å². The standard InChI is InChI=1S/C13H17N3OS/c1-9(7-11-5-4-6-18-11)15-13(17)12-8-14-16(3)10(12)2/h4-6,8-9H,7H2,1-3H3,(H,15,17)/t9-/m1/s1. The van der Waals surface area contributed by atoms with Crippen LogP contribution in [-0.4, -0.2) is 21.7 Å². The number of hydrogen-bond acceptors (Lipinski definition) is 3. The third-order valence-corrected chi connectivity index (χ3v) is 3.84. The fourth-order valence-electron chi connectivity index (χ4n) is 1.80. The molecule has 18 heavy (non-hydrogen) atoms. The lowest BCUT2D eigenvalue weighted by Gasteiger charge is -2.12. The molecule has 4 nitrogen and oxygen atoms in total. The van der Waals surface area contributed by atoms with Gasteiger partial charge in [-0.1, -0.05) is 6.07 Å². The van der Waals surface area contributed by atoms with E-state index in [0.717, 1.165) is 12.1 Å². The SMILES string of the molecule is Cc1c(C(=O)N[C@H](C)Cc2cccs2)cnn1C. The van der Waals surface area contributed by atoms with Gasteiger partial charge in [0.15, 0.2) is 0 Å². The van der Waals surface area contributed by atoms with Gasteiger partial charge in [-0.05, 0) is 25.3 Å². The first-order valence-corrected chi connectivity index (χ1v) is 6.77. The Kier molecular flexibility index (Phi) is 3.81. The van der Waals surface area contributed by atoms with Crippen LogP contribution in [0.3, 0.4) is 0 Å². The summed E-state index contributed by atoms with van der Waals surface area (Å²) in [4.78, 5) is 13.3. The second-order valence-corrected chi connectivity index (χ2v) is 5.46. The van der Waals surface area contributed by atoms with Gasteiger partial charge in [0.2, 0.25) is 0 Å². The maximum absolute atomic E-state index is 12.1. The van der Waals surface area contributed by atoms with Gasteiger partial charge in [0.05, 0.1) is 11.8 Å². The van der Waals surface area contributed by atoms with Gasteiger partial charge in [0, 0.05) is 30.1 Å². The van der Waals surface area contributed by atoms with Crippen molar-refractivity contribution in [3.05, 3.63) is 39.8 Å². The third-order valence-electron chi connectivity index (χ3n) is 2.94. The van der Waals surface area contributed by atoms with Crippen molar-refractivity contribution in [3.8, 4) is 0 Å². The summed E-state index contributed by atoms with van der Waals surface area (Å²) in [5.74, 6) is -0.0512. The van der Waals surface area contributed by atoms with Gasteiger partial charge in [-0.15, -0.1) is 11.3 Å². The molecule has 0 fully saturated rings. The molecule has 2 aromatic rings. The zero-order valence-electron chi connectivity index (χ0n) is 10.8. The number of amides is 1. The van der Waals surface area contributed by atoms with Gasteiger partial charge in [-0.25, -0.2) is 0 Å². The van der Waals surface area contributed by atoms with E-state index < -0.39 is 0 Å². The summed E-state index contributed by atoms with van der Waals surface area (Å²) in [6.07, 6.45) is 2.48. The smallest absolute Gasteiger partial charge is 0.254 e. The number of aromatic nitrogens is 2. The predicted octanol–water partition coefficient (Wildman–Crippen LogP) is 2.15. The highest BCUT2D eigenvalue weighted by Crippen LogP contribution is 2.12. The number of thiophene rings is 1.